The van der Waals surface area contributed by atoms with Crippen molar-refractivity contribution in [2.24, 2.45) is 0 Å². The van der Waals surface area contributed by atoms with Crippen LogP contribution in [0, 0.1) is 5.82 Å². The van der Waals surface area contributed by atoms with Crippen molar-refractivity contribution in [3.63, 3.8) is 0 Å². The molecule has 118 valence electrons. The zero-order valence-electron chi connectivity index (χ0n) is 12.4. The predicted molar refractivity (Wildman–Crippen MR) is 89.2 cm³/mol. The molecule has 0 radical (unpaired) electrons. The number of aromatic amines is 2. The number of benzene rings is 2. The molecule has 0 saturated heterocycles. The van der Waals surface area contributed by atoms with Gasteiger partial charge in [-0.3, -0.25) is 9.88 Å². The van der Waals surface area contributed by atoms with E-state index in [1.165, 1.54) is 18.5 Å². The number of fused-ring (bicyclic) bond motifs is 1. The smallest absolute Gasteiger partial charge is 0.340 e. The molecule has 0 bridgehead atoms. The van der Waals surface area contributed by atoms with Crippen LogP contribution in [0.3, 0.4) is 0 Å². The van der Waals surface area contributed by atoms with Crippen LogP contribution in [0.25, 0.3) is 11.2 Å². The number of hydrogen-bond acceptors (Lipinski definition) is 4. The fraction of sp³-hybridized carbons (Fsp3) is 0. The van der Waals surface area contributed by atoms with Gasteiger partial charge in [0.15, 0.2) is 11.5 Å². The van der Waals surface area contributed by atoms with Gasteiger partial charge < -0.3 is 4.98 Å². The van der Waals surface area contributed by atoms with Crippen LogP contribution < -0.4 is 10.6 Å². The lowest BCUT2D eigenvalue weighted by molar-refractivity contribution is 0.628. The third-order valence-corrected chi connectivity index (χ3v) is 3.59. The molecule has 6 nitrogen and oxygen atoms in total. The van der Waals surface area contributed by atoms with Gasteiger partial charge in [-0.2, -0.15) is 4.98 Å². The lowest BCUT2D eigenvalue weighted by Gasteiger charge is -2.24. The topological polar surface area (TPSA) is 77.7 Å². The van der Waals surface area contributed by atoms with Gasteiger partial charge in [-0.25, -0.2) is 14.2 Å². The molecule has 0 spiro atoms. The van der Waals surface area contributed by atoms with E-state index in [1.807, 2.05) is 30.3 Å². The van der Waals surface area contributed by atoms with Crippen molar-refractivity contribution in [1.82, 2.24) is 19.9 Å². The Bertz CT molecular complexity index is 1060. The molecule has 2 aromatic carbocycles. The molecule has 24 heavy (non-hydrogen) atoms. The maximum absolute atomic E-state index is 13.8. The number of imidazole rings is 1. The van der Waals surface area contributed by atoms with Crippen molar-refractivity contribution >= 4 is 28.4 Å². The Morgan fingerprint density at radius 3 is 2.58 bits per heavy atom. The van der Waals surface area contributed by atoms with Crippen LogP contribution in [0.1, 0.15) is 0 Å². The first-order chi connectivity index (χ1) is 11.7. The number of rotatable bonds is 3. The van der Waals surface area contributed by atoms with Crippen LogP contribution in [-0.2, 0) is 0 Å². The molecule has 0 aliphatic rings. The minimum atomic E-state index is -0.526. The Labute approximate surface area is 135 Å². The highest BCUT2D eigenvalue weighted by molar-refractivity contribution is 5.90. The summed E-state index contributed by atoms with van der Waals surface area (Å²) < 4.78 is 13.8. The summed E-state index contributed by atoms with van der Waals surface area (Å²) in [6.45, 7) is 0. The molecule has 0 unspecified atom stereocenters. The first kappa shape index (κ1) is 14.1. The van der Waals surface area contributed by atoms with Gasteiger partial charge in [0.25, 0.3) is 0 Å². The summed E-state index contributed by atoms with van der Waals surface area (Å²) in [6.07, 6.45) is 1.47. The molecule has 4 rings (SSSR count). The molecule has 0 amide bonds. The number of nitrogens with zero attached hydrogens (tertiary/aromatic N) is 3. The summed E-state index contributed by atoms with van der Waals surface area (Å²) >= 11 is 0. The van der Waals surface area contributed by atoms with E-state index < -0.39 is 5.69 Å². The molecule has 7 heteroatoms. The van der Waals surface area contributed by atoms with Crippen molar-refractivity contribution in [2.45, 2.75) is 0 Å². The average molecular weight is 321 g/mol. The largest absolute Gasteiger partial charge is 0.348 e. The van der Waals surface area contributed by atoms with Gasteiger partial charge in [-0.15, -0.1) is 0 Å². The van der Waals surface area contributed by atoms with Crippen LogP contribution in [-0.4, -0.2) is 19.9 Å². The Morgan fingerprint density at radius 1 is 1.00 bits per heavy atom. The fourth-order valence-corrected chi connectivity index (χ4v) is 2.59. The first-order valence-electron chi connectivity index (χ1n) is 7.26. The van der Waals surface area contributed by atoms with E-state index >= 15 is 0 Å². The van der Waals surface area contributed by atoms with Gasteiger partial charge in [0.1, 0.15) is 11.3 Å². The molecule has 2 heterocycles. The minimum absolute atomic E-state index is 0.350. The summed E-state index contributed by atoms with van der Waals surface area (Å²) in [5.41, 5.74) is 1.72. The summed E-state index contributed by atoms with van der Waals surface area (Å²) in [5, 5.41) is 0. The van der Waals surface area contributed by atoms with Gasteiger partial charge in [-0.1, -0.05) is 24.3 Å². The van der Waals surface area contributed by atoms with Crippen LogP contribution in [0.2, 0.25) is 0 Å². The lowest BCUT2D eigenvalue weighted by atomic mass is 10.2. The molecule has 0 aliphatic heterocycles. The number of anilines is 3. The van der Waals surface area contributed by atoms with E-state index in [-0.39, 0.29) is 5.82 Å². The number of para-hydroxylation sites is 1. The van der Waals surface area contributed by atoms with Gasteiger partial charge in [0.05, 0.1) is 12.0 Å². The molecule has 0 saturated carbocycles. The highest BCUT2D eigenvalue weighted by atomic mass is 19.1. The maximum Gasteiger partial charge on any atom is 0.348 e. The van der Waals surface area contributed by atoms with Crippen molar-refractivity contribution in [1.29, 1.82) is 0 Å². The minimum Gasteiger partial charge on any atom is -0.340 e. The number of nitrogens with one attached hydrogen (secondary N) is 2. The van der Waals surface area contributed by atoms with E-state index in [2.05, 4.69) is 19.9 Å². The second-order valence-electron chi connectivity index (χ2n) is 5.14. The molecular weight excluding hydrogens is 309 g/mol. The van der Waals surface area contributed by atoms with Crippen molar-refractivity contribution in [3.8, 4) is 0 Å². The summed E-state index contributed by atoms with van der Waals surface area (Å²) in [7, 11) is 0. The van der Waals surface area contributed by atoms with Crippen LogP contribution >= 0.6 is 0 Å². The third kappa shape index (κ3) is 2.41. The Hall–Kier alpha value is -3.48. The fourth-order valence-electron chi connectivity index (χ4n) is 2.59. The van der Waals surface area contributed by atoms with Gasteiger partial charge in [0.2, 0.25) is 0 Å². The first-order valence-corrected chi connectivity index (χ1v) is 7.26. The Balaban J connectivity index is 2.02. The lowest BCUT2D eigenvalue weighted by Crippen LogP contribution is -2.19. The third-order valence-electron chi connectivity index (χ3n) is 3.59. The number of halogens is 1. The molecule has 0 atom stereocenters. The maximum atomic E-state index is 13.8. The number of H-pyrrole nitrogens is 2. The van der Waals surface area contributed by atoms with Crippen molar-refractivity contribution in [2.75, 3.05) is 4.90 Å². The molecular formula is C17H12FN5O. The molecule has 2 N–H and O–H groups in total. The number of aromatic nitrogens is 4. The van der Waals surface area contributed by atoms with Crippen LogP contribution in [0.15, 0.2) is 65.7 Å². The van der Waals surface area contributed by atoms with Gasteiger partial charge in [-0.05, 0) is 30.3 Å². The zero-order chi connectivity index (χ0) is 16.5. The van der Waals surface area contributed by atoms with E-state index in [0.717, 1.165) is 5.69 Å². The predicted octanol–water partition coefficient (Wildman–Crippen LogP) is 3.26. The zero-order valence-corrected chi connectivity index (χ0v) is 12.4. The summed E-state index contributed by atoms with van der Waals surface area (Å²) in [6, 6.07) is 15.4. The SMILES string of the molecule is O=c1nc(N(c2ccccc2)c2cccc(F)c2)c2[nH]cnc2[nH]1. The van der Waals surface area contributed by atoms with Crippen molar-refractivity contribution in [3.05, 3.63) is 77.2 Å². The van der Waals surface area contributed by atoms with E-state index in [1.54, 1.807) is 17.0 Å². The molecule has 0 aliphatic carbocycles. The van der Waals surface area contributed by atoms with Crippen LogP contribution in [0.5, 0.6) is 0 Å². The summed E-state index contributed by atoms with van der Waals surface area (Å²) in [4.78, 5) is 27.3. The molecule has 2 aromatic heterocycles. The molecule has 4 aromatic rings. The summed E-state index contributed by atoms with van der Waals surface area (Å²) in [5.74, 6) is -0.0258. The van der Waals surface area contributed by atoms with Crippen LogP contribution in [0.4, 0.5) is 21.6 Å². The van der Waals surface area contributed by atoms with E-state index in [9.17, 15) is 9.18 Å². The normalized spacial score (nSPS) is 10.9. The second kappa shape index (κ2) is 5.62. The van der Waals surface area contributed by atoms with Crippen molar-refractivity contribution < 1.29 is 4.39 Å². The van der Waals surface area contributed by atoms with E-state index in [0.29, 0.717) is 22.7 Å². The Morgan fingerprint density at radius 2 is 1.79 bits per heavy atom. The van der Waals surface area contributed by atoms with Gasteiger partial charge >= 0.3 is 5.69 Å². The molecule has 0 fully saturated rings. The highest BCUT2D eigenvalue weighted by Crippen LogP contribution is 2.35. The Kier molecular flexibility index (Phi) is 3.31. The van der Waals surface area contributed by atoms with E-state index in [4.69, 9.17) is 0 Å². The monoisotopic (exact) mass is 321 g/mol. The standard InChI is InChI=1S/C17H12FN5O/c18-11-5-4-8-13(9-11)23(12-6-2-1-3-7-12)16-14-15(20-10-19-14)21-17(24)22-16/h1-10H,(H2,19,20,21,22,24). The second-order valence-corrected chi connectivity index (χ2v) is 5.14. The highest BCUT2D eigenvalue weighted by Gasteiger charge is 2.19. The number of hydrogen-bond donors (Lipinski definition) is 2. The van der Waals surface area contributed by atoms with Gasteiger partial charge in [0, 0.05) is 5.69 Å². The quantitative estimate of drug-likeness (QED) is 0.607. The average Bonchev–Trinajstić information content (AvgIpc) is 3.04.